The van der Waals surface area contributed by atoms with Crippen molar-refractivity contribution >= 4 is 14.3 Å². The van der Waals surface area contributed by atoms with E-state index in [9.17, 15) is 4.79 Å². The van der Waals surface area contributed by atoms with Crippen LogP contribution in [-0.4, -0.2) is 39.2 Å². The van der Waals surface area contributed by atoms with Gasteiger partial charge in [0.15, 0.2) is 8.32 Å². The minimum Gasteiger partial charge on any atom is -0.456 e. The fraction of sp³-hybridized carbons (Fsp3) is 0.750. The predicted molar refractivity (Wildman–Crippen MR) is 104 cm³/mol. The van der Waals surface area contributed by atoms with Gasteiger partial charge in [0.1, 0.15) is 0 Å². The van der Waals surface area contributed by atoms with Gasteiger partial charge in [0.25, 0.3) is 0 Å². The van der Waals surface area contributed by atoms with Crippen LogP contribution < -0.4 is 0 Å². The molecule has 0 amide bonds. The maximum absolute atomic E-state index is 11.4. The standard InChI is InChI=1S/C20H34O4Si/c1-8-22-19(21)14-10-13-18(24-25(6,7)20(3,4)5)15-17-12-9-11-16(2)23-17/h9,12,16-18H,8,11,13,15H2,1-7H3/t16-,17+,18+/m0/s1. The molecular formula is C20H34O4Si. The first kappa shape index (κ1) is 21.9. The van der Waals surface area contributed by atoms with Crippen LogP contribution in [0.4, 0.5) is 0 Å². The summed E-state index contributed by atoms with van der Waals surface area (Å²) in [4.78, 5) is 11.4. The van der Waals surface area contributed by atoms with Gasteiger partial charge in [-0.05, 0) is 38.4 Å². The minimum absolute atomic E-state index is 0.0444. The Morgan fingerprint density at radius 3 is 2.64 bits per heavy atom. The highest BCUT2D eigenvalue weighted by Gasteiger charge is 2.39. The van der Waals surface area contributed by atoms with Gasteiger partial charge in [-0.15, -0.1) is 0 Å². The Kier molecular flexibility index (Phi) is 8.39. The van der Waals surface area contributed by atoms with Crippen LogP contribution in [0, 0.1) is 11.8 Å². The van der Waals surface area contributed by atoms with E-state index in [0.717, 1.165) is 12.8 Å². The summed E-state index contributed by atoms with van der Waals surface area (Å²) in [6.07, 6.45) is 6.72. The largest absolute Gasteiger partial charge is 0.456 e. The van der Waals surface area contributed by atoms with Gasteiger partial charge in [-0.25, -0.2) is 4.79 Å². The zero-order valence-electron chi connectivity index (χ0n) is 16.8. The van der Waals surface area contributed by atoms with Crippen LogP contribution in [0.15, 0.2) is 12.2 Å². The van der Waals surface area contributed by atoms with Crippen LogP contribution in [-0.2, 0) is 18.7 Å². The Morgan fingerprint density at radius 1 is 1.40 bits per heavy atom. The average Bonchev–Trinajstić information content (AvgIpc) is 2.45. The van der Waals surface area contributed by atoms with Crippen molar-refractivity contribution in [3.05, 3.63) is 12.2 Å². The molecule has 25 heavy (non-hydrogen) atoms. The van der Waals surface area contributed by atoms with E-state index in [4.69, 9.17) is 13.9 Å². The van der Waals surface area contributed by atoms with E-state index < -0.39 is 14.3 Å². The molecule has 0 saturated carbocycles. The summed E-state index contributed by atoms with van der Waals surface area (Å²) in [7, 11) is -1.93. The zero-order valence-corrected chi connectivity index (χ0v) is 17.8. The first-order chi connectivity index (χ1) is 11.5. The lowest BCUT2D eigenvalue weighted by Crippen LogP contribution is -2.44. The lowest BCUT2D eigenvalue weighted by atomic mass is 10.1. The van der Waals surface area contributed by atoms with Crippen molar-refractivity contribution in [1.29, 1.82) is 0 Å². The Bertz CT molecular complexity index is 522. The van der Waals surface area contributed by atoms with Crippen LogP contribution in [0.2, 0.25) is 18.1 Å². The van der Waals surface area contributed by atoms with Crippen molar-refractivity contribution in [3.63, 3.8) is 0 Å². The Labute approximate surface area is 154 Å². The smallest absolute Gasteiger partial charge is 0.384 e. The molecule has 0 spiro atoms. The molecule has 0 aromatic carbocycles. The normalized spacial score (nSPS) is 22.0. The molecule has 0 aromatic rings. The van der Waals surface area contributed by atoms with Crippen molar-refractivity contribution in [2.24, 2.45) is 0 Å². The highest BCUT2D eigenvalue weighted by atomic mass is 28.4. The minimum atomic E-state index is -1.93. The lowest BCUT2D eigenvalue weighted by Gasteiger charge is -2.40. The summed E-state index contributed by atoms with van der Waals surface area (Å²) in [5, 5.41) is 0.121. The molecule has 0 fully saturated rings. The SMILES string of the molecule is CCOC(=O)C#CC[C@H](C[C@H]1C=CC[C@H](C)O1)O[Si](C)(C)C(C)(C)C. The predicted octanol–water partition coefficient (Wildman–Crippen LogP) is 4.46. The van der Waals surface area contributed by atoms with Gasteiger partial charge >= 0.3 is 5.97 Å². The third-order valence-corrected chi connectivity index (χ3v) is 9.32. The van der Waals surface area contributed by atoms with Crippen molar-refractivity contribution in [3.8, 4) is 11.8 Å². The van der Waals surface area contributed by atoms with E-state index in [2.05, 4.69) is 64.8 Å². The Morgan fingerprint density at radius 2 is 2.08 bits per heavy atom. The van der Waals surface area contributed by atoms with E-state index in [1.807, 2.05) is 0 Å². The molecule has 1 aliphatic rings. The van der Waals surface area contributed by atoms with Gasteiger partial charge in [0.2, 0.25) is 0 Å². The summed E-state index contributed by atoms with van der Waals surface area (Å²) in [6, 6.07) is 0. The lowest BCUT2D eigenvalue weighted by molar-refractivity contribution is -0.136. The molecule has 0 unspecified atom stereocenters. The van der Waals surface area contributed by atoms with Crippen LogP contribution in [0.5, 0.6) is 0 Å². The number of carbonyl (C=O) groups is 1. The van der Waals surface area contributed by atoms with Crippen molar-refractivity contribution in [2.45, 2.75) is 90.3 Å². The summed E-state index contributed by atoms with van der Waals surface area (Å²) in [6.45, 7) is 15.3. The first-order valence-corrected chi connectivity index (χ1v) is 12.1. The second-order valence-corrected chi connectivity index (χ2v) is 12.9. The monoisotopic (exact) mass is 366 g/mol. The van der Waals surface area contributed by atoms with Crippen LogP contribution in [0.3, 0.4) is 0 Å². The quantitative estimate of drug-likeness (QED) is 0.229. The van der Waals surface area contributed by atoms with Gasteiger partial charge in [-0.1, -0.05) is 38.8 Å². The van der Waals surface area contributed by atoms with Gasteiger partial charge < -0.3 is 13.9 Å². The number of hydrogen-bond donors (Lipinski definition) is 0. The summed E-state index contributed by atoms with van der Waals surface area (Å²) in [5.74, 6) is 5.01. The molecule has 1 aliphatic heterocycles. The van der Waals surface area contributed by atoms with Crippen molar-refractivity contribution < 1.29 is 18.7 Å². The van der Waals surface area contributed by atoms with Gasteiger partial charge in [-0.2, -0.15) is 0 Å². The average molecular weight is 367 g/mol. The molecule has 0 N–H and O–H groups in total. The molecule has 142 valence electrons. The second-order valence-electron chi connectivity index (χ2n) is 8.11. The maximum Gasteiger partial charge on any atom is 0.384 e. The van der Waals surface area contributed by atoms with E-state index in [0.29, 0.717) is 13.0 Å². The highest BCUT2D eigenvalue weighted by Crippen LogP contribution is 2.38. The summed E-state index contributed by atoms with van der Waals surface area (Å²) >= 11 is 0. The molecular weight excluding hydrogens is 332 g/mol. The first-order valence-electron chi connectivity index (χ1n) is 9.20. The van der Waals surface area contributed by atoms with E-state index in [1.54, 1.807) is 6.92 Å². The van der Waals surface area contributed by atoms with Crippen molar-refractivity contribution in [2.75, 3.05) is 6.61 Å². The molecule has 0 bridgehead atoms. The fourth-order valence-corrected chi connectivity index (χ4v) is 3.75. The van der Waals surface area contributed by atoms with Gasteiger partial charge in [-0.3, -0.25) is 0 Å². The summed E-state index contributed by atoms with van der Waals surface area (Å²) < 4.78 is 17.4. The summed E-state index contributed by atoms with van der Waals surface area (Å²) in [5.41, 5.74) is 0. The van der Waals surface area contributed by atoms with Gasteiger partial charge in [0, 0.05) is 18.8 Å². The van der Waals surface area contributed by atoms with E-state index >= 15 is 0 Å². The molecule has 0 saturated heterocycles. The number of hydrogen-bond acceptors (Lipinski definition) is 4. The number of rotatable bonds is 6. The Balaban J connectivity index is 2.80. The number of esters is 1. The zero-order chi connectivity index (χ0) is 19.1. The maximum atomic E-state index is 11.4. The molecule has 5 heteroatoms. The third-order valence-electron chi connectivity index (χ3n) is 4.78. The molecule has 0 radical (unpaired) electrons. The van der Waals surface area contributed by atoms with E-state index in [-0.39, 0.29) is 23.4 Å². The fourth-order valence-electron chi connectivity index (χ4n) is 2.39. The van der Waals surface area contributed by atoms with Crippen LogP contribution >= 0.6 is 0 Å². The van der Waals surface area contributed by atoms with E-state index in [1.165, 1.54) is 0 Å². The van der Waals surface area contributed by atoms with Crippen molar-refractivity contribution in [1.82, 2.24) is 0 Å². The Hall–Kier alpha value is -1.09. The molecule has 0 aliphatic carbocycles. The molecule has 0 aromatic heterocycles. The molecule has 1 heterocycles. The molecule has 4 nitrogen and oxygen atoms in total. The topological polar surface area (TPSA) is 44.8 Å². The van der Waals surface area contributed by atoms with Crippen LogP contribution in [0.1, 0.15) is 53.9 Å². The van der Waals surface area contributed by atoms with Gasteiger partial charge in [0.05, 0.1) is 24.9 Å². The highest BCUT2D eigenvalue weighted by molar-refractivity contribution is 6.74. The third kappa shape index (κ3) is 7.77. The second kappa shape index (κ2) is 9.56. The number of carbonyl (C=O) groups excluding carboxylic acids is 1. The molecule has 3 atom stereocenters. The molecule has 1 rings (SSSR count). The van der Waals surface area contributed by atoms with Crippen LogP contribution in [0.25, 0.3) is 0 Å². The number of ether oxygens (including phenoxy) is 2.